The molecule has 1 amide bonds. The van der Waals surface area contributed by atoms with E-state index in [0.717, 1.165) is 29.6 Å². The van der Waals surface area contributed by atoms with Crippen molar-refractivity contribution in [2.45, 2.75) is 89.5 Å². The first-order chi connectivity index (χ1) is 11.4. The minimum Gasteiger partial charge on any atom is -0.350 e. The quantitative estimate of drug-likeness (QED) is 0.784. The maximum Gasteiger partial charge on any atom is 0.226 e. The highest BCUT2D eigenvalue weighted by Gasteiger charge is 2.60. The van der Waals surface area contributed by atoms with Crippen molar-refractivity contribution in [1.29, 1.82) is 0 Å². The minimum absolute atomic E-state index is 0.0160. The molecule has 0 aliphatic heterocycles. The molecule has 2 nitrogen and oxygen atoms in total. The van der Waals surface area contributed by atoms with Gasteiger partial charge in [0.2, 0.25) is 5.91 Å². The summed E-state index contributed by atoms with van der Waals surface area (Å²) in [6.07, 6.45) is 16.1. The Labute approximate surface area is 146 Å². The monoisotopic (exact) mass is 327 g/mol. The van der Waals surface area contributed by atoms with Crippen molar-refractivity contribution in [2.75, 3.05) is 0 Å². The van der Waals surface area contributed by atoms with Crippen molar-refractivity contribution in [3.8, 4) is 0 Å². The van der Waals surface area contributed by atoms with Crippen LogP contribution in [-0.4, -0.2) is 11.4 Å². The molecule has 8 rings (SSSR count). The average molecular weight is 328 g/mol. The molecule has 8 saturated carbocycles. The Hall–Kier alpha value is -0.530. The standard InChI is InChI=1S/C22H33NO/c1-20-6-17-5-18(7-20)9-21(8-17,13-20)19(24)23-22-10-14-2-15(11-22)4-16(3-14)12-22/h14-18H,2-13H2,1H3,(H,23,24). The summed E-state index contributed by atoms with van der Waals surface area (Å²) in [4.78, 5) is 13.6. The number of carbonyl (C=O) groups excluding carboxylic acids is 1. The first-order valence-electron chi connectivity index (χ1n) is 10.8. The van der Waals surface area contributed by atoms with Crippen LogP contribution in [0.3, 0.4) is 0 Å². The Bertz CT molecular complexity index is 543. The van der Waals surface area contributed by atoms with Crippen LogP contribution in [-0.2, 0) is 4.79 Å². The second-order valence-electron chi connectivity index (χ2n) is 11.7. The van der Waals surface area contributed by atoms with Crippen molar-refractivity contribution in [3.05, 3.63) is 0 Å². The average Bonchev–Trinajstić information content (AvgIpc) is 2.42. The van der Waals surface area contributed by atoms with Crippen LogP contribution in [0.2, 0.25) is 0 Å². The van der Waals surface area contributed by atoms with Crippen molar-refractivity contribution < 1.29 is 4.79 Å². The fourth-order valence-electron chi connectivity index (χ4n) is 9.62. The molecule has 132 valence electrons. The lowest BCUT2D eigenvalue weighted by Crippen LogP contribution is -2.64. The molecule has 8 fully saturated rings. The first kappa shape index (κ1) is 14.6. The zero-order valence-corrected chi connectivity index (χ0v) is 15.3. The Morgan fingerprint density at radius 2 is 1.25 bits per heavy atom. The van der Waals surface area contributed by atoms with Crippen molar-refractivity contribution in [1.82, 2.24) is 5.32 Å². The molecule has 0 aromatic rings. The minimum atomic E-state index is 0.0160. The summed E-state index contributed by atoms with van der Waals surface area (Å²) in [5.74, 6) is 4.95. The third-order valence-electron chi connectivity index (χ3n) is 9.25. The highest BCUT2D eigenvalue weighted by atomic mass is 16.2. The zero-order chi connectivity index (χ0) is 16.2. The van der Waals surface area contributed by atoms with Crippen LogP contribution in [0, 0.1) is 40.4 Å². The zero-order valence-electron chi connectivity index (χ0n) is 15.3. The van der Waals surface area contributed by atoms with Gasteiger partial charge in [-0.05, 0) is 112 Å². The van der Waals surface area contributed by atoms with Gasteiger partial charge in [-0.2, -0.15) is 0 Å². The maximum absolute atomic E-state index is 13.6. The molecule has 2 heteroatoms. The molecule has 1 N–H and O–H groups in total. The molecule has 2 atom stereocenters. The van der Waals surface area contributed by atoms with E-state index in [4.69, 9.17) is 0 Å². The highest BCUT2D eigenvalue weighted by Crippen LogP contribution is 2.65. The van der Waals surface area contributed by atoms with Crippen LogP contribution >= 0.6 is 0 Å². The van der Waals surface area contributed by atoms with Gasteiger partial charge in [0.1, 0.15) is 0 Å². The van der Waals surface area contributed by atoms with Gasteiger partial charge in [0.05, 0.1) is 5.41 Å². The molecule has 8 aliphatic rings. The van der Waals surface area contributed by atoms with Gasteiger partial charge >= 0.3 is 0 Å². The summed E-state index contributed by atoms with van der Waals surface area (Å²) in [7, 11) is 0. The first-order valence-corrected chi connectivity index (χ1v) is 10.8. The van der Waals surface area contributed by atoms with E-state index in [2.05, 4.69) is 12.2 Å². The lowest BCUT2D eigenvalue weighted by molar-refractivity contribution is -0.160. The Balaban J connectivity index is 1.27. The predicted octanol–water partition coefficient (Wildman–Crippen LogP) is 4.68. The number of rotatable bonds is 2. The van der Waals surface area contributed by atoms with Crippen molar-refractivity contribution >= 4 is 5.91 Å². The fourth-order valence-corrected chi connectivity index (χ4v) is 9.62. The van der Waals surface area contributed by atoms with Crippen molar-refractivity contribution in [2.24, 2.45) is 40.4 Å². The summed E-state index contributed by atoms with van der Waals surface area (Å²) in [6.45, 7) is 2.48. The maximum atomic E-state index is 13.6. The molecule has 0 spiro atoms. The number of hydrogen-bond donors (Lipinski definition) is 1. The summed E-state index contributed by atoms with van der Waals surface area (Å²) in [5.41, 5.74) is 0.696. The van der Waals surface area contributed by atoms with E-state index in [1.165, 1.54) is 77.0 Å². The van der Waals surface area contributed by atoms with E-state index in [1.807, 2.05) is 0 Å². The van der Waals surface area contributed by atoms with E-state index < -0.39 is 0 Å². The largest absolute Gasteiger partial charge is 0.350 e. The third-order valence-corrected chi connectivity index (χ3v) is 9.25. The van der Waals surface area contributed by atoms with Crippen LogP contribution < -0.4 is 5.32 Å². The van der Waals surface area contributed by atoms with Crippen LogP contribution in [0.25, 0.3) is 0 Å². The van der Waals surface area contributed by atoms with Gasteiger partial charge in [0.15, 0.2) is 0 Å². The van der Waals surface area contributed by atoms with Gasteiger partial charge in [-0.3, -0.25) is 4.79 Å². The molecule has 0 aromatic heterocycles. The molecule has 2 unspecified atom stereocenters. The number of nitrogens with one attached hydrogen (secondary N) is 1. The smallest absolute Gasteiger partial charge is 0.226 e. The van der Waals surface area contributed by atoms with Gasteiger partial charge in [-0.15, -0.1) is 0 Å². The van der Waals surface area contributed by atoms with Gasteiger partial charge in [0.25, 0.3) is 0 Å². The second kappa shape index (κ2) is 4.41. The third kappa shape index (κ3) is 1.98. The summed E-state index contributed by atoms with van der Waals surface area (Å²) >= 11 is 0. The summed E-state index contributed by atoms with van der Waals surface area (Å²) in [5, 5.41) is 3.76. The molecular formula is C22H33NO. The molecule has 0 aromatic carbocycles. The fraction of sp³-hybridized carbons (Fsp3) is 0.955. The summed E-state index contributed by atoms with van der Waals surface area (Å²) in [6, 6.07) is 0. The van der Waals surface area contributed by atoms with E-state index in [1.54, 1.807) is 0 Å². The van der Waals surface area contributed by atoms with Crippen LogP contribution in [0.15, 0.2) is 0 Å². The van der Waals surface area contributed by atoms with Gasteiger partial charge in [-0.25, -0.2) is 0 Å². The molecule has 0 radical (unpaired) electrons. The predicted molar refractivity (Wildman–Crippen MR) is 94.3 cm³/mol. The summed E-state index contributed by atoms with van der Waals surface area (Å²) < 4.78 is 0. The topological polar surface area (TPSA) is 29.1 Å². The number of amides is 1. The van der Waals surface area contributed by atoms with Gasteiger partial charge in [-0.1, -0.05) is 6.92 Å². The molecule has 8 aliphatic carbocycles. The van der Waals surface area contributed by atoms with E-state index >= 15 is 0 Å². The molecule has 0 heterocycles. The van der Waals surface area contributed by atoms with Gasteiger partial charge < -0.3 is 5.32 Å². The molecular weight excluding hydrogens is 294 g/mol. The normalized spacial score (nSPS) is 59.8. The van der Waals surface area contributed by atoms with Crippen LogP contribution in [0.4, 0.5) is 0 Å². The lowest BCUT2D eigenvalue weighted by Gasteiger charge is -2.62. The SMILES string of the molecule is CC12CC3CC(C1)CC(C(=O)NC14CC5CC(CC(C5)C1)C4)(C3)C2. The van der Waals surface area contributed by atoms with E-state index in [0.29, 0.717) is 11.3 Å². The lowest BCUT2D eigenvalue weighted by atomic mass is 9.44. The second-order valence-corrected chi connectivity index (χ2v) is 11.7. The van der Waals surface area contributed by atoms with Crippen LogP contribution in [0.1, 0.15) is 84.0 Å². The molecule has 24 heavy (non-hydrogen) atoms. The van der Waals surface area contributed by atoms with E-state index in [9.17, 15) is 4.79 Å². The number of carbonyl (C=O) groups is 1. The van der Waals surface area contributed by atoms with Crippen LogP contribution in [0.5, 0.6) is 0 Å². The Kier molecular flexibility index (Phi) is 2.69. The highest BCUT2D eigenvalue weighted by molar-refractivity contribution is 5.84. The molecule has 8 bridgehead atoms. The van der Waals surface area contributed by atoms with Crippen molar-refractivity contribution in [3.63, 3.8) is 0 Å². The Morgan fingerprint density at radius 1 is 0.750 bits per heavy atom. The molecule has 0 saturated heterocycles. The van der Waals surface area contributed by atoms with Gasteiger partial charge in [0, 0.05) is 5.54 Å². The number of hydrogen-bond acceptors (Lipinski definition) is 1. The van der Waals surface area contributed by atoms with E-state index in [-0.39, 0.29) is 11.0 Å². The Morgan fingerprint density at radius 3 is 1.75 bits per heavy atom.